The van der Waals surface area contributed by atoms with Crippen molar-refractivity contribution in [2.45, 2.75) is 51.0 Å². The summed E-state index contributed by atoms with van der Waals surface area (Å²) in [6, 6.07) is 18.8. The Bertz CT molecular complexity index is 1400. The van der Waals surface area contributed by atoms with Crippen LogP contribution in [0.2, 0.25) is 0 Å². The van der Waals surface area contributed by atoms with Crippen molar-refractivity contribution in [3.05, 3.63) is 71.8 Å². The van der Waals surface area contributed by atoms with Crippen LogP contribution in [-0.2, 0) is 36.9 Å². The lowest BCUT2D eigenvalue weighted by molar-refractivity contribution is -0.192. The molecule has 3 heterocycles. The maximum Gasteiger partial charge on any atom is 0.490 e. The number of likely N-dealkylation sites (tertiary alicyclic amines) is 1. The number of aliphatic carboxylic acids is 1. The summed E-state index contributed by atoms with van der Waals surface area (Å²) in [6.07, 6.45) is -3.99. The van der Waals surface area contributed by atoms with E-state index in [1.807, 2.05) is 72.5 Å². The second-order valence-corrected chi connectivity index (χ2v) is 10.8. The number of alkyl halides is 3. The summed E-state index contributed by atoms with van der Waals surface area (Å²) in [5, 5.41) is 7.12. The van der Waals surface area contributed by atoms with Crippen LogP contribution in [0.5, 0.6) is 0 Å². The molecular formula is C31H35F3N4O6. The Morgan fingerprint density at radius 1 is 1.00 bits per heavy atom. The molecule has 2 aromatic carbocycles. The zero-order valence-corrected chi connectivity index (χ0v) is 24.7. The Labute approximate surface area is 253 Å². The first kappa shape index (κ1) is 32.5. The number of hydrogen-bond donors (Lipinski definition) is 1. The maximum absolute atomic E-state index is 14.1. The lowest BCUT2D eigenvalue weighted by Gasteiger charge is -2.40. The molecule has 0 aromatic heterocycles. The van der Waals surface area contributed by atoms with Gasteiger partial charge in [-0.25, -0.2) is 9.59 Å². The van der Waals surface area contributed by atoms with Crippen molar-refractivity contribution < 1.29 is 42.2 Å². The Balaban J connectivity index is 0.000000566. The third kappa shape index (κ3) is 5.87. The second-order valence-electron chi connectivity index (χ2n) is 10.8. The molecule has 0 aliphatic carbocycles. The Kier molecular flexibility index (Phi) is 9.65. The molecule has 44 heavy (non-hydrogen) atoms. The molecule has 0 radical (unpaired) electrons. The lowest BCUT2D eigenvalue weighted by Crippen LogP contribution is -2.61. The highest BCUT2D eigenvalue weighted by Gasteiger charge is 2.74. The third-order valence-electron chi connectivity index (χ3n) is 8.18. The van der Waals surface area contributed by atoms with Gasteiger partial charge in [0, 0.05) is 26.1 Å². The highest BCUT2D eigenvalue weighted by atomic mass is 19.4. The van der Waals surface area contributed by atoms with E-state index >= 15 is 0 Å². The van der Waals surface area contributed by atoms with Gasteiger partial charge in [-0.1, -0.05) is 67.6 Å². The number of benzene rings is 2. The molecule has 3 fully saturated rings. The van der Waals surface area contributed by atoms with Gasteiger partial charge in [0.15, 0.2) is 11.5 Å². The quantitative estimate of drug-likeness (QED) is 0.354. The number of halogens is 3. The maximum atomic E-state index is 14.1. The number of carboxylic acids is 1. The van der Waals surface area contributed by atoms with E-state index in [1.54, 1.807) is 0 Å². The first-order valence-corrected chi connectivity index (χ1v) is 14.3. The molecule has 10 nitrogen and oxygen atoms in total. The number of fused-ring (bicyclic) bond motifs is 3. The predicted molar refractivity (Wildman–Crippen MR) is 153 cm³/mol. The van der Waals surface area contributed by atoms with Gasteiger partial charge >= 0.3 is 18.1 Å². The number of amides is 2. The van der Waals surface area contributed by atoms with E-state index in [0.29, 0.717) is 25.6 Å². The fourth-order valence-corrected chi connectivity index (χ4v) is 6.39. The van der Waals surface area contributed by atoms with Crippen molar-refractivity contribution in [2.24, 2.45) is 16.8 Å². The van der Waals surface area contributed by atoms with Crippen molar-refractivity contribution in [3.63, 3.8) is 0 Å². The summed E-state index contributed by atoms with van der Waals surface area (Å²) >= 11 is 0. The van der Waals surface area contributed by atoms with Crippen molar-refractivity contribution >= 4 is 29.7 Å². The zero-order chi connectivity index (χ0) is 32.2. The number of hydrogen-bond acceptors (Lipinski definition) is 6. The monoisotopic (exact) mass is 616 g/mol. The van der Waals surface area contributed by atoms with Crippen molar-refractivity contribution in [2.75, 3.05) is 26.7 Å². The molecule has 0 saturated carbocycles. The molecular weight excluding hydrogens is 581 g/mol. The van der Waals surface area contributed by atoms with Crippen LogP contribution in [0.25, 0.3) is 0 Å². The summed E-state index contributed by atoms with van der Waals surface area (Å²) in [4.78, 5) is 61.3. The van der Waals surface area contributed by atoms with Gasteiger partial charge in [0.2, 0.25) is 11.8 Å². The van der Waals surface area contributed by atoms with Gasteiger partial charge < -0.3 is 19.6 Å². The second kappa shape index (κ2) is 13.1. The summed E-state index contributed by atoms with van der Waals surface area (Å²) in [5.41, 5.74) is 0.401. The average Bonchev–Trinajstić information content (AvgIpc) is 3.59. The first-order chi connectivity index (χ1) is 20.9. The molecule has 2 amide bonds. The van der Waals surface area contributed by atoms with Gasteiger partial charge in [0.1, 0.15) is 0 Å². The van der Waals surface area contributed by atoms with Gasteiger partial charge in [-0.05, 0) is 24.5 Å². The topological polar surface area (TPSA) is 120 Å². The van der Waals surface area contributed by atoms with Crippen LogP contribution in [0.4, 0.5) is 13.2 Å². The molecule has 0 unspecified atom stereocenters. The number of methoxy groups -OCH3 is 1. The van der Waals surface area contributed by atoms with Crippen molar-refractivity contribution in [3.8, 4) is 0 Å². The van der Waals surface area contributed by atoms with Crippen LogP contribution in [0.15, 0.2) is 65.7 Å². The molecule has 5 rings (SSSR count). The van der Waals surface area contributed by atoms with Gasteiger partial charge in [-0.3, -0.25) is 19.5 Å². The summed E-state index contributed by atoms with van der Waals surface area (Å²) in [7, 11) is 1.36. The van der Waals surface area contributed by atoms with Crippen LogP contribution < -0.4 is 0 Å². The standard InChI is InChI=1S/C29H34N4O4.C2HF3O2/c1-4-16-30-28-31(5-2)19-22-23-24(26(35)32(25(23)34)18-21-14-10-7-11-15-21)29(33(22)28,27(36)37-3)17-20-12-8-6-9-13-20;3-2(4,5)1(6)7/h6-15,22-24H,4-5,16-19H2,1-3H3;(H,6,7)/t22-,23+,24-,29-;/m1./s1. The fourth-order valence-electron chi connectivity index (χ4n) is 6.39. The Hall–Kier alpha value is -4.42. The van der Waals surface area contributed by atoms with E-state index in [1.165, 1.54) is 12.0 Å². The normalized spacial score (nSPS) is 25.1. The molecule has 2 aromatic rings. The number of carboxylic acid groups (broad SMARTS) is 1. The molecule has 0 spiro atoms. The van der Waals surface area contributed by atoms with Crippen LogP contribution in [-0.4, -0.2) is 94.0 Å². The smallest absolute Gasteiger partial charge is 0.475 e. The Morgan fingerprint density at radius 2 is 1.57 bits per heavy atom. The van der Waals surface area contributed by atoms with Gasteiger partial charge in [-0.2, -0.15) is 13.2 Å². The number of guanidine groups is 1. The van der Waals surface area contributed by atoms with E-state index in [2.05, 4.69) is 11.8 Å². The van der Waals surface area contributed by atoms with Crippen LogP contribution in [0, 0.1) is 11.8 Å². The minimum absolute atomic E-state index is 0.190. The number of ether oxygens (including phenoxy) is 1. The number of likely N-dealkylation sites (N-methyl/N-ethyl adjacent to an activating group) is 1. The molecule has 4 atom stereocenters. The van der Waals surface area contributed by atoms with Gasteiger partial charge in [0.25, 0.3) is 0 Å². The number of carbonyl (C=O) groups is 4. The highest BCUT2D eigenvalue weighted by Crippen LogP contribution is 2.53. The molecule has 3 aliphatic rings. The number of aliphatic imine (C=N–C) groups is 1. The summed E-state index contributed by atoms with van der Waals surface area (Å²) in [6.45, 7) is 6.10. The summed E-state index contributed by atoms with van der Waals surface area (Å²) in [5.74, 6) is -4.62. The number of carbonyl (C=O) groups excluding carboxylic acids is 3. The van der Waals surface area contributed by atoms with Crippen LogP contribution >= 0.6 is 0 Å². The van der Waals surface area contributed by atoms with Crippen LogP contribution in [0.1, 0.15) is 31.4 Å². The average molecular weight is 617 g/mol. The third-order valence-corrected chi connectivity index (χ3v) is 8.18. The Morgan fingerprint density at radius 3 is 2.07 bits per heavy atom. The van der Waals surface area contributed by atoms with E-state index in [4.69, 9.17) is 19.6 Å². The number of esters is 1. The molecule has 0 bridgehead atoms. The number of imide groups is 1. The van der Waals surface area contributed by atoms with Gasteiger partial charge in [0.05, 0.1) is 31.5 Å². The van der Waals surface area contributed by atoms with Crippen molar-refractivity contribution in [1.82, 2.24) is 14.7 Å². The van der Waals surface area contributed by atoms with Crippen molar-refractivity contribution in [1.29, 1.82) is 0 Å². The summed E-state index contributed by atoms with van der Waals surface area (Å²) < 4.78 is 37.2. The first-order valence-electron chi connectivity index (χ1n) is 14.3. The molecule has 1 N–H and O–H groups in total. The molecule has 3 aliphatic heterocycles. The van der Waals surface area contributed by atoms with E-state index in [9.17, 15) is 27.6 Å². The zero-order valence-electron chi connectivity index (χ0n) is 24.7. The molecule has 13 heteroatoms. The highest BCUT2D eigenvalue weighted by molar-refractivity contribution is 6.11. The largest absolute Gasteiger partial charge is 0.490 e. The fraction of sp³-hybridized carbons (Fsp3) is 0.452. The van der Waals surface area contributed by atoms with Gasteiger partial charge in [-0.15, -0.1) is 0 Å². The van der Waals surface area contributed by atoms with E-state index in [0.717, 1.165) is 17.5 Å². The van der Waals surface area contributed by atoms with E-state index < -0.39 is 35.5 Å². The van der Waals surface area contributed by atoms with E-state index in [-0.39, 0.29) is 30.8 Å². The molecule has 3 saturated heterocycles. The predicted octanol–water partition coefficient (Wildman–Crippen LogP) is 3.36. The number of rotatable bonds is 8. The number of nitrogens with zero attached hydrogens (tertiary/aromatic N) is 4. The minimum atomic E-state index is -5.08. The molecule has 236 valence electrons. The lowest BCUT2D eigenvalue weighted by atomic mass is 9.76. The van der Waals surface area contributed by atoms with Crippen LogP contribution in [0.3, 0.4) is 0 Å². The minimum Gasteiger partial charge on any atom is -0.475 e. The SMILES string of the molecule is CCCN=C1N(CC)C[C@@H]2[C@@H]3C(=O)N(Cc4ccccc4)C(=O)[C@@H]3[C@](Cc3ccccc3)(C(=O)OC)N12.O=C(O)C(F)(F)F.